The minimum Gasteiger partial charge on any atom is -0.465 e. The molecule has 12 unspecified atom stereocenters. The summed E-state index contributed by atoms with van der Waals surface area (Å²) < 4.78 is 18.2. The molecule has 0 spiro atoms. The molecule has 4 aliphatic carbocycles. The Bertz CT molecular complexity index is 1340. The first-order valence-electron chi connectivity index (χ1n) is 15.7. The molecule has 2 aliphatic heterocycles. The number of carbonyl (C=O) groups is 2. The molecule has 2 N–H and O–H groups in total. The van der Waals surface area contributed by atoms with Gasteiger partial charge in [0, 0.05) is 40.6 Å². The predicted molar refractivity (Wildman–Crippen MR) is 156 cm³/mol. The summed E-state index contributed by atoms with van der Waals surface area (Å²) in [5, 5.41) is 23.8. The smallest absolute Gasteiger partial charge is 0.331 e. The van der Waals surface area contributed by atoms with Crippen molar-refractivity contribution in [1.29, 1.82) is 0 Å². The second-order valence-electron chi connectivity index (χ2n) is 14.9. The van der Waals surface area contributed by atoms with Gasteiger partial charge in [0.1, 0.15) is 6.10 Å². The number of rotatable bonds is 4. The number of fused-ring (bicyclic) bond motifs is 4. The van der Waals surface area contributed by atoms with Crippen LogP contribution >= 0.6 is 0 Å². The number of esters is 2. The molecular weight excluding hydrogens is 532 g/mol. The van der Waals surface area contributed by atoms with E-state index in [9.17, 15) is 19.8 Å². The number of aliphatic hydroxyl groups excluding tert-OH is 2. The molecule has 226 valence electrons. The van der Waals surface area contributed by atoms with Crippen LogP contribution in [-0.4, -0.2) is 59.8 Å². The summed E-state index contributed by atoms with van der Waals surface area (Å²) in [7, 11) is 0. The molecule has 0 aromatic heterocycles. The number of ether oxygens (including phenoxy) is 3. The van der Waals surface area contributed by atoms with E-state index in [2.05, 4.69) is 33.8 Å². The van der Waals surface area contributed by atoms with E-state index in [1.807, 2.05) is 30.3 Å². The molecule has 0 amide bonds. The molecule has 7 rings (SSSR count). The highest BCUT2D eigenvalue weighted by Gasteiger charge is 2.77. The largest absolute Gasteiger partial charge is 0.465 e. The molecule has 7 heteroatoms. The van der Waals surface area contributed by atoms with Crippen LogP contribution in [0.2, 0.25) is 0 Å². The van der Waals surface area contributed by atoms with E-state index in [1.165, 1.54) is 11.6 Å². The Labute approximate surface area is 248 Å². The second kappa shape index (κ2) is 9.51. The Hall–Kier alpha value is -2.48. The van der Waals surface area contributed by atoms with Gasteiger partial charge in [-0.15, -0.1) is 0 Å². The quantitative estimate of drug-likeness (QED) is 0.304. The Balaban J connectivity index is 1.26. The molecule has 12 atom stereocenters. The predicted octanol–water partition coefficient (Wildman–Crippen LogP) is 4.71. The summed E-state index contributed by atoms with van der Waals surface area (Å²) in [5.41, 5.74) is 0.359. The van der Waals surface area contributed by atoms with Gasteiger partial charge in [-0.25, -0.2) is 4.79 Å². The van der Waals surface area contributed by atoms with Crippen molar-refractivity contribution in [1.82, 2.24) is 0 Å². The minimum absolute atomic E-state index is 0.0187. The van der Waals surface area contributed by atoms with Gasteiger partial charge in [0.2, 0.25) is 0 Å². The van der Waals surface area contributed by atoms with E-state index in [4.69, 9.17) is 14.2 Å². The maximum atomic E-state index is 13.3. The highest BCUT2D eigenvalue weighted by molar-refractivity contribution is 5.87. The lowest BCUT2D eigenvalue weighted by molar-refractivity contribution is -0.260. The Kier molecular flexibility index (Phi) is 6.41. The Morgan fingerprint density at radius 1 is 1.12 bits per heavy atom. The normalized spacial score (nSPS) is 49.2. The topological polar surface area (TPSA) is 102 Å². The summed E-state index contributed by atoms with van der Waals surface area (Å²) in [5.74, 6) is -0.215. The molecular formula is C35H44O7. The van der Waals surface area contributed by atoms with Crippen LogP contribution in [0.5, 0.6) is 0 Å². The third-order valence-electron chi connectivity index (χ3n) is 13.1. The van der Waals surface area contributed by atoms with Gasteiger partial charge in [0.25, 0.3) is 0 Å². The van der Waals surface area contributed by atoms with Crippen LogP contribution in [0.1, 0.15) is 65.4 Å². The summed E-state index contributed by atoms with van der Waals surface area (Å²) in [6.07, 6.45) is 6.57. The van der Waals surface area contributed by atoms with Crippen molar-refractivity contribution < 1.29 is 34.0 Å². The zero-order valence-corrected chi connectivity index (χ0v) is 25.1. The number of cyclic esters (lactones) is 1. The molecule has 3 saturated carbocycles. The van der Waals surface area contributed by atoms with Crippen LogP contribution in [0.4, 0.5) is 0 Å². The van der Waals surface area contributed by atoms with Crippen LogP contribution in [0, 0.1) is 45.3 Å². The molecule has 1 aromatic carbocycles. The van der Waals surface area contributed by atoms with E-state index in [1.54, 1.807) is 6.08 Å². The van der Waals surface area contributed by atoms with Gasteiger partial charge in [-0.05, 0) is 48.2 Å². The SMILES string of the molecule is CC12CCC3C(C)(C1=CCC2C1COC(=O)C1)C(O)C1OCC2(C)C(O)CC(OC(=O)C=Cc4ccccc4)C3(C)C12. The van der Waals surface area contributed by atoms with Gasteiger partial charge >= 0.3 is 11.9 Å². The first-order chi connectivity index (χ1) is 19.9. The van der Waals surface area contributed by atoms with Gasteiger partial charge in [0.05, 0.1) is 37.9 Å². The summed E-state index contributed by atoms with van der Waals surface area (Å²) >= 11 is 0. The molecule has 0 radical (unpaired) electrons. The van der Waals surface area contributed by atoms with Crippen molar-refractivity contribution in [2.45, 2.75) is 84.2 Å². The molecule has 5 fully saturated rings. The van der Waals surface area contributed by atoms with Crippen molar-refractivity contribution in [3.8, 4) is 0 Å². The van der Waals surface area contributed by atoms with Gasteiger partial charge < -0.3 is 24.4 Å². The van der Waals surface area contributed by atoms with Crippen molar-refractivity contribution in [3.63, 3.8) is 0 Å². The lowest BCUT2D eigenvalue weighted by atomic mass is 9.36. The standard InChI is InChI=1S/C35H44O7/c1-32-15-14-24-34(3,23(32)12-11-22(32)21-16-28(38)40-18-21)31(39)29-30-33(2,19-41-29)25(36)17-26(35(24,30)4)42-27(37)13-10-20-8-6-5-7-9-20/h5-10,12-13,21-22,24-26,29-31,36,39H,11,14-19H2,1-4H3. The average molecular weight is 577 g/mol. The monoisotopic (exact) mass is 576 g/mol. The fourth-order valence-electron chi connectivity index (χ4n) is 11.1. The third-order valence-corrected chi connectivity index (χ3v) is 13.1. The Morgan fingerprint density at radius 2 is 1.88 bits per heavy atom. The highest BCUT2D eigenvalue weighted by Crippen LogP contribution is 2.75. The summed E-state index contributed by atoms with van der Waals surface area (Å²) in [6, 6.07) is 9.66. The van der Waals surface area contributed by atoms with Gasteiger partial charge in [0.15, 0.2) is 0 Å². The lowest BCUT2D eigenvalue weighted by Crippen LogP contribution is -2.72. The third kappa shape index (κ3) is 3.69. The van der Waals surface area contributed by atoms with E-state index >= 15 is 0 Å². The first-order valence-corrected chi connectivity index (χ1v) is 15.7. The Morgan fingerprint density at radius 3 is 2.60 bits per heavy atom. The molecule has 7 nitrogen and oxygen atoms in total. The van der Waals surface area contributed by atoms with Gasteiger partial charge in [-0.1, -0.05) is 69.7 Å². The van der Waals surface area contributed by atoms with Crippen LogP contribution in [0.3, 0.4) is 0 Å². The van der Waals surface area contributed by atoms with E-state index in [0.29, 0.717) is 26.1 Å². The van der Waals surface area contributed by atoms with Gasteiger partial charge in [-0.3, -0.25) is 4.79 Å². The number of carbonyl (C=O) groups excluding carboxylic acids is 2. The van der Waals surface area contributed by atoms with Gasteiger partial charge in [-0.2, -0.15) is 0 Å². The second-order valence-corrected chi connectivity index (χ2v) is 14.9. The van der Waals surface area contributed by atoms with E-state index in [-0.39, 0.29) is 35.1 Å². The van der Waals surface area contributed by atoms with Crippen molar-refractivity contribution in [3.05, 3.63) is 53.6 Å². The average Bonchev–Trinajstić information content (AvgIpc) is 3.66. The number of benzene rings is 1. The highest BCUT2D eigenvalue weighted by atomic mass is 16.5. The van der Waals surface area contributed by atoms with Crippen molar-refractivity contribution >= 4 is 18.0 Å². The molecule has 42 heavy (non-hydrogen) atoms. The molecule has 6 aliphatic rings. The molecule has 1 aromatic rings. The zero-order chi connectivity index (χ0) is 29.7. The fourth-order valence-corrected chi connectivity index (χ4v) is 11.1. The van der Waals surface area contributed by atoms with Crippen molar-refractivity contribution in [2.75, 3.05) is 13.2 Å². The van der Waals surface area contributed by atoms with E-state index in [0.717, 1.165) is 24.8 Å². The number of allylic oxidation sites excluding steroid dienone is 1. The minimum atomic E-state index is -0.756. The summed E-state index contributed by atoms with van der Waals surface area (Å²) in [6.45, 7) is 9.67. The molecule has 2 saturated heterocycles. The molecule has 2 heterocycles. The number of aliphatic hydroxyl groups is 2. The maximum Gasteiger partial charge on any atom is 0.331 e. The van der Waals surface area contributed by atoms with Crippen LogP contribution < -0.4 is 0 Å². The van der Waals surface area contributed by atoms with Crippen molar-refractivity contribution in [2.24, 2.45) is 45.3 Å². The molecule has 0 bridgehead atoms. The first kappa shape index (κ1) is 28.3. The van der Waals surface area contributed by atoms with Crippen LogP contribution in [0.25, 0.3) is 6.08 Å². The summed E-state index contributed by atoms with van der Waals surface area (Å²) in [4.78, 5) is 25.3. The maximum absolute atomic E-state index is 13.3. The number of hydrogen-bond donors (Lipinski definition) is 2. The van der Waals surface area contributed by atoms with E-state index < -0.39 is 46.6 Å². The fraction of sp³-hybridized carbons (Fsp3) is 0.657. The zero-order valence-electron chi connectivity index (χ0n) is 25.1. The van der Waals surface area contributed by atoms with Crippen LogP contribution in [0.15, 0.2) is 48.1 Å². The number of hydrogen-bond acceptors (Lipinski definition) is 7. The van der Waals surface area contributed by atoms with Crippen LogP contribution in [-0.2, 0) is 23.8 Å². The lowest BCUT2D eigenvalue weighted by Gasteiger charge is -2.69.